The number of thioether (sulfide) groups is 1. The average molecular weight is 327 g/mol. The van der Waals surface area contributed by atoms with Gasteiger partial charge in [0.2, 0.25) is 5.91 Å². The van der Waals surface area contributed by atoms with Crippen molar-refractivity contribution < 1.29 is 13.2 Å². The van der Waals surface area contributed by atoms with Crippen molar-refractivity contribution in [1.29, 1.82) is 0 Å². The third kappa shape index (κ3) is 4.01. The molecule has 1 unspecified atom stereocenters. The first kappa shape index (κ1) is 16.4. The smallest absolute Gasteiger partial charge is 0.233 e. The van der Waals surface area contributed by atoms with Crippen molar-refractivity contribution in [1.82, 2.24) is 4.90 Å². The lowest BCUT2D eigenvalue weighted by Crippen LogP contribution is -2.49. The lowest BCUT2D eigenvalue weighted by molar-refractivity contribution is -0.131. The monoisotopic (exact) mass is 327 g/mol. The minimum Gasteiger partial charge on any atom is -0.339 e. The summed E-state index contributed by atoms with van der Waals surface area (Å²) in [4.78, 5) is 15.0. The first-order valence-electron chi connectivity index (χ1n) is 6.88. The van der Waals surface area contributed by atoms with Crippen molar-refractivity contribution in [2.75, 3.05) is 24.3 Å². The quantitative estimate of drug-likeness (QED) is 0.795. The molecule has 0 saturated carbocycles. The largest absolute Gasteiger partial charge is 0.339 e. The zero-order valence-corrected chi connectivity index (χ0v) is 14.3. The Hall–Kier alpha value is -1.01. The maximum absolute atomic E-state index is 12.3. The van der Waals surface area contributed by atoms with Gasteiger partial charge in [-0.15, -0.1) is 11.8 Å². The van der Waals surface area contributed by atoms with Gasteiger partial charge in [0, 0.05) is 11.9 Å². The van der Waals surface area contributed by atoms with Crippen molar-refractivity contribution >= 4 is 27.5 Å². The molecule has 4 nitrogen and oxygen atoms in total. The number of hydrogen-bond acceptors (Lipinski definition) is 4. The molecule has 2 rings (SSSR count). The molecule has 116 valence electrons. The van der Waals surface area contributed by atoms with Gasteiger partial charge in [-0.25, -0.2) is 8.42 Å². The van der Waals surface area contributed by atoms with E-state index in [0.717, 1.165) is 4.90 Å². The van der Waals surface area contributed by atoms with Gasteiger partial charge in [0.15, 0.2) is 9.84 Å². The Labute approximate surface area is 130 Å². The minimum absolute atomic E-state index is 0.0276. The number of rotatable bonds is 4. The number of nitrogens with zero attached hydrogens (tertiary/aromatic N) is 1. The molecule has 1 amide bonds. The van der Waals surface area contributed by atoms with Crippen LogP contribution in [0, 0.1) is 6.92 Å². The number of amides is 1. The Bertz CT molecular complexity index is 625. The molecule has 1 heterocycles. The maximum atomic E-state index is 12.3. The second-order valence-corrected chi connectivity index (χ2v) is 9.13. The van der Waals surface area contributed by atoms with Gasteiger partial charge in [-0.05, 0) is 32.4 Å². The summed E-state index contributed by atoms with van der Waals surface area (Å²) in [7, 11) is -1.30. The summed E-state index contributed by atoms with van der Waals surface area (Å²) in [5.74, 6) is 0.541. The summed E-state index contributed by atoms with van der Waals surface area (Å²) in [6.07, 6.45) is 0.521. The molecule has 21 heavy (non-hydrogen) atoms. The van der Waals surface area contributed by atoms with E-state index >= 15 is 0 Å². The van der Waals surface area contributed by atoms with Gasteiger partial charge in [-0.3, -0.25) is 4.79 Å². The summed E-state index contributed by atoms with van der Waals surface area (Å²) in [6.45, 7) is 3.88. The maximum Gasteiger partial charge on any atom is 0.233 e. The fourth-order valence-corrected chi connectivity index (χ4v) is 5.43. The topological polar surface area (TPSA) is 54.5 Å². The Morgan fingerprint density at radius 1 is 1.33 bits per heavy atom. The molecule has 0 aromatic heterocycles. The number of sulfone groups is 1. The highest BCUT2D eigenvalue weighted by Gasteiger charge is 2.43. The third-order valence-electron chi connectivity index (χ3n) is 4.05. The molecule has 1 atom stereocenters. The molecule has 1 saturated heterocycles. The second-order valence-electron chi connectivity index (χ2n) is 5.89. The normalized spacial score (nSPS) is 24.0. The Kier molecular flexibility index (Phi) is 4.68. The predicted molar refractivity (Wildman–Crippen MR) is 86.3 cm³/mol. The molecule has 0 bridgehead atoms. The molecule has 1 fully saturated rings. The van der Waals surface area contributed by atoms with Crippen LogP contribution < -0.4 is 0 Å². The van der Waals surface area contributed by atoms with Crippen LogP contribution in [0.15, 0.2) is 29.2 Å². The van der Waals surface area contributed by atoms with Crippen LogP contribution in [-0.4, -0.2) is 49.1 Å². The van der Waals surface area contributed by atoms with Gasteiger partial charge >= 0.3 is 0 Å². The minimum atomic E-state index is -3.01. The van der Waals surface area contributed by atoms with Gasteiger partial charge in [0.25, 0.3) is 0 Å². The van der Waals surface area contributed by atoms with E-state index in [1.54, 1.807) is 11.9 Å². The van der Waals surface area contributed by atoms with Gasteiger partial charge in [0.1, 0.15) is 0 Å². The fraction of sp³-hybridized carbons (Fsp3) is 0.533. The Morgan fingerprint density at radius 2 is 1.95 bits per heavy atom. The summed E-state index contributed by atoms with van der Waals surface area (Å²) in [6, 6.07) is 8.02. The summed E-state index contributed by atoms with van der Waals surface area (Å²) < 4.78 is 23.3. The first-order chi connectivity index (χ1) is 9.72. The molecule has 0 aliphatic carbocycles. The standard InChI is InChI=1S/C15H21NO3S2/c1-12-4-6-13(7-5-12)20-10-14(17)16(3)15(2)8-9-21(18,19)11-15/h4-7H,8-11H2,1-3H3. The zero-order valence-electron chi connectivity index (χ0n) is 12.6. The Balaban J connectivity index is 1.95. The second kappa shape index (κ2) is 6.01. The molecule has 1 aromatic rings. The highest BCUT2D eigenvalue weighted by molar-refractivity contribution is 8.00. The highest BCUT2D eigenvalue weighted by atomic mass is 32.2. The highest BCUT2D eigenvalue weighted by Crippen LogP contribution is 2.29. The van der Waals surface area contributed by atoms with Crippen LogP contribution in [0.1, 0.15) is 18.9 Å². The van der Waals surface area contributed by atoms with Crippen LogP contribution in [0.25, 0.3) is 0 Å². The van der Waals surface area contributed by atoms with Crippen molar-refractivity contribution in [2.24, 2.45) is 0 Å². The number of carbonyl (C=O) groups is 1. The molecule has 0 spiro atoms. The molecular formula is C15H21NO3S2. The van der Waals surface area contributed by atoms with E-state index in [9.17, 15) is 13.2 Å². The molecule has 0 N–H and O–H groups in total. The van der Waals surface area contributed by atoms with Crippen molar-refractivity contribution in [3.63, 3.8) is 0 Å². The first-order valence-corrected chi connectivity index (χ1v) is 9.69. The van der Waals surface area contributed by atoms with E-state index in [-0.39, 0.29) is 17.4 Å². The van der Waals surface area contributed by atoms with Gasteiger partial charge < -0.3 is 4.90 Å². The lowest BCUT2D eigenvalue weighted by Gasteiger charge is -2.34. The molecule has 1 aliphatic rings. The van der Waals surface area contributed by atoms with E-state index in [1.165, 1.54) is 17.3 Å². The SMILES string of the molecule is Cc1ccc(SCC(=O)N(C)C2(C)CCS(=O)(=O)C2)cc1. The van der Waals surface area contributed by atoms with Crippen LogP contribution >= 0.6 is 11.8 Å². The van der Waals surface area contributed by atoms with Gasteiger partial charge in [-0.2, -0.15) is 0 Å². The van der Waals surface area contributed by atoms with Crippen LogP contribution in [-0.2, 0) is 14.6 Å². The molecule has 0 radical (unpaired) electrons. The van der Waals surface area contributed by atoms with E-state index in [2.05, 4.69) is 0 Å². The molecule has 1 aliphatic heterocycles. The average Bonchev–Trinajstić information content (AvgIpc) is 2.72. The molecule has 1 aromatic carbocycles. The summed E-state index contributed by atoms with van der Waals surface area (Å²) in [5, 5.41) is 0. The van der Waals surface area contributed by atoms with Crippen molar-refractivity contribution in [3.05, 3.63) is 29.8 Å². The third-order valence-corrected chi connectivity index (χ3v) is 6.93. The predicted octanol–water partition coefficient (Wildman–Crippen LogP) is 2.12. The van der Waals surface area contributed by atoms with E-state index in [0.29, 0.717) is 12.2 Å². The zero-order chi connectivity index (χ0) is 15.7. The fourth-order valence-electron chi connectivity index (χ4n) is 2.44. The summed E-state index contributed by atoms with van der Waals surface area (Å²) >= 11 is 1.48. The van der Waals surface area contributed by atoms with Crippen molar-refractivity contribution in [2.45, 2.75) is 30.7 Å². The summed E-state index contributed by atoms with van der Waals surface area (Å²) in [5.41, 5.74) is 0.621. The van der Waals surface area contributed by atoms with E-state index in [1.807, 2.05) is 38.1 Å². The number of benzene rings is 1. The lowest BCUT2D eigenvalue weighted by atomic mass is 10.0. The number of carbonyl (C=O) groups excluding carboxylic acids is 1. The molecule has 6 heteroatoms. The van der Waals surface area contributed by atoms with Crippen LogP contribution in [0.4, 0.5) is 0 Å². The number of aryl methyl sites for hydroxylation is 1. The van der Waals surface area contributed by atoms with Crippen LogP contribution in [0.2, 0.25) is 0 Å². The number of hydrogen-bond donors (Lipinski definition) is 0. The van der Waals surface area contributed by atoms with Gasteiger partial charge in [-0.1, -0.05) is 17.7 Å². The molecular weight excluding hydrogens is 306 g/mol. The Morgan fingerprint density at radius 3 is 2.48 bits per heavy atom. The van der Waals surface area contributed by atoms with Gasteiger partial charge in [0.05, 0.1) is 22.8 Å². The van der Waals surface area contributed by atoms with Crippen LogP contribution in [0.5, 0.6) is 0 Å². The van der Waals surface area contributed by atoms with Crippen molar-refractivity contribution in [3.8, 4) is 0 Å². The van der Waals surface area contributed by atoms with Crippen LogP contribution in [0.3, 0.4) is 0 Å². The van der Waals surface area contributed by atoms with E-state index < -0.39 is 15.4 Å². The van der Waals surface area contributed by atoms with E-state index in [4.69, 9.17) is 0 Å².